The molecule has 0 unspecified atom stereocenters. The van der Waals surface area contributed by atoms with Crippen molar-refractivity contribution in [3.63, 3.8) is 0 Å². The molecule has 118 valence electrons. The van der Waals surface area contributed by atoms with E-state index < -0.39 is 6.04 Å². The number of nitrogens with zero attached hydrogens (tertiary/aromatic N) is 1. The normalized spacial score (nSPS) is 29.4. The Hall–Kier alpha value is -1.68. The van der Waals surface area contributed by atoms with Crippen molar-refractivity contribution in [1.29, 1.82) is 0 Å². The van der Waals surface area contributed by atoms with E-state index in [0.29, 0.717) is 13.0 Å². The number of Topliss-reactive ketones (excluding diaryl/α,β-unsaturated/α-hetero) is 1. The Kier molecular flexibility index (Phi) is 4.30. The number of fused-ring (bicyclic) bond motifs is 3. The van der Waals surface area contributed by atoms with Crippen LogP contribution in [0, 0.1) is 5.92 Å². The number of rotatable bonds is 4. The first-order valence-corrected chi connectivity index (χ1v) is 8.15. The van der Waals surface area contributed by atoms with Crippen LogP contribution in [0.2, 0.25) is 0 Å². The first-order valence-electron chi connectivity index (χ1n) is 8.15. The van der Waals surface area contributed by atoms with Crippen molar-refractivity contribution in [3.8, 4) is 0 Å². The fraction of sp³-hybridized carbons (Fsp3) is 0.556. The van der Waals surface area contributed by atoms with E-state index in [1.807, 2.05) is 25.1 Å². The number of hydrogen-bond acceptors (Lipinski definition) is 4. The predicted octanol–water partition coefficient (Wildman–Crippen LogP) is 2.73. The topological polar surface area (TPSA) is 46.6 Å². The highest BCUT2D eigenvalue weighted by atomic mass is 16.5. The van der Waals surface area contributed by atoms with Crippen LogP contribution in [0.1, 0.15) is 44.7 Å². The van der Waals surface area contributed by atoms with Crippen molar-refractivity contribution in [3.05, 3.63) is 35.9 Å². The molecule has 4 rings (SSSR count). The van der Waals surface area contributed by atoms with Gasteiger partial charge in [0.25, 0.3) is 0 Å². The molecule has 2 saturated heterocycles. The molecular formula is C18H23NO3. The van der Waals surface area contributed by atoms with E-state index in [-0.39, 0.29) is 29.8 Å². The number of ketones is 1. The number of esters is 1. The van der Waals surface area contributed by atoms with Crippen LogP contribution in [-0.4, -0.2) is 35.3 Å². The van der Waals surface area contributed by atoms with Gasteiger partial charge in [-0.05, 0) is 32.3 Å². The lowest BCUT2D eigenvalue weighted by molar-refractivity contribution is -0.167. The maximum atomic E-state index is 12.5. The van der Waals surface area contributed by atoms with Crippen molar-refractivity contribution in [1.82, 2.24) is 4.90 Å². The lowest BCUT2D eigenvalue weighted by Crippen LogP contribution is -2.62. The zero-order chi connectivity index (χ0) is 15.7. The molecule has 0 spiro atoms. The summed E-state index contributed by atoms with van der Waals surface area (Å²) in [4.78, 5) is 26.9. The van der Waals surface area contributed by atoms with Gasteiger partial charge in [0, 0.05) is 24.4 Å². The Labute approximate surface area is 131 Å². The Balaban J connectivity index is 1.92. The molecule has 1 aliphatic carbocycles. The van der Waals surface area contributed by atoms with Gasteiger partial charge in [-0.25, -0.2) is 0 Å². The second-order valence-electron chi connectivity index (χ2n) is 6.24. The molecule has 22 heavy (non-hydrogen) atoms. The standard InChI is InChI=1S/C18H23NO3/c1-3-22-18(21)17-15-10-9-14(11-16(15)20)19(17)12(2)13-7-5-4-6-8-13/h4-8,12,14-15,17H,3,9-11H2,1-2H3/t12-,14+,15+,17+/m0/s1. The Bertz CT molecular complexity index is 557. The van der Waals surface area contributed by atoms with Gasteiger partial charge in [-0.1, -0.05) is 30.3 Å². The number of benzene rings is 1. The van der Waals surface area contributed by atoms with Gasteiger partial charge in [-0.3, -0.25) is 14.5 Å². The number of carbonyl (C=O) groups is 2. The van der Waals surface area contributed by atoms with Crippen molar-refractivity contribution in [2.75, 3.05) is 6.61 Å². The highest BCUT2D eigenvalue weighted by Gasteiger charge is 2.51. The second-order valence-corrected chi connectivity index (χ2v) is 6.24. The zero-order valence-electron chi connectivity index (χ0n) is 13.2. The van der Waals surface area contributed by atoms with E-state index in [2.05, 4.69) is 24.0 Å². The van der Waals surface area contributed by atoms with Crippen molar-refractivity contribution in [2.45, 2.75) is 51.2 Å². The number of ether oxygens (including phenoxy) is 1. The highest BCUT2D eigenvalue weighted by Crippen LogP contribution is 2.42. The smallest absolute Gasteiger partial charge is 0.324 e. The molecule has 2 bridgehead atoms. The van der Waals surface area contributed by atoms with Gasteiger partial charge in [0.2, 0.25) is 0 Å². The van der Waals surface area contributed by atoms with Gasteiger partial charge in [0.1, 0.15) is 11.8 Å². The highest BCUT2D eigenvalue weighted by molar-refractivity contribution is 5.91. The molecule has 1 aromatic carbocycles. The summed E-state index contributed by atoms with van der Waals surface area (Å²) in [7, 11) is 0. The summed E-state index contributed by atoms with van der Waals surface area (Å²) < 4.78 is 5.27. The van der Waals surface area contributed by atoms with Crippen LogP contribution < -0.4 is 0 Å². The largest absolute Gasteiger partial charge is 0.465 e. The van der Waals surface area contributed by atoms with Crippen molar-refractivity contribution in [2.24, 2.45) is 5.92 Å². The summed E-state index contributed by atoms with van der Waals surface area (Å²) in [5.74, 6) is -0.214. The summed E-state index contributed by atoms with van der Waals surface area (Å²) >= 11 is 0. The van der Waals surface area contributed by atoms with Crippen molar-refractivity contribution < 1.29 is 14.3 Å². The molecule has 3 aliphatic rings. The average molecular weight is 301 g/mol. The van der Waals surface area contributed by atoms with E-state index >= 15 is 0 Å². The number of carbonyl (C=O) groups excluding carboxylic acids is 2. The van der Waals surface area contributed by atoms with Gasteiger partial charge in [-0.2, -0.15) is 0 Å². The molecule has 1 saturated carbocycles. The molecule has 3 fully saturated rings. The third-order valence-electron chi connectivity index (χ3n) is 5.04. The molecule has 2 aliphatic heterocycles. The van der Waals surface area contributed by atoms with Crippen molar-refractivity contribution >= 4 is 11.8 Å². The minimum atomic E-state index is -0.421. The lowest BCUT2D eigenvalue weighted by atomic mass is 9.72. The summed E-state index contributed by atoms with van der Waals surface area (Å²) in [6.45, 7) is 4.28. The molecule has 0 radical (unpaired) electrons. The number of hydrogen-bond donors (Lipinski definition) is 0. The van der Waals surface area contributed by atoms with E-state index in [1.165, 1.54) is 5.56 Å². The van der Waals surface area contributed by atoms with E-state index in [1.54, 1.807) is 0 Å². The van der Waals surface area contributed by atoms with Crippen LogP contribution in [0.5, 0.6) is 0 Å². The molecule has 4 heteroatoms. The quantitative estimate of drug-likeness (QED) is 0.802. The molecule has 4 nitrogen and oxygen atoms in total. The van der Waals surface area contributed by atoms with Gasteiger partial charge in [0.05, 0.1) is 6.61 Å². The monoisotopic (exact) mass is 301 g/mol. The lowest BCUT2D eigenvalue weighted by Gasteiger charge is -2.51. The predicted molar refractivity (Wildman–Crippen MR) is 83.3 cm³/mol. The molecule has 0 N–H and O–H groups in total. The first-order chi connectivity index (χ1) is 10.6. The SMILES string of the molecule is CCOC(=O)[C@H]1[C@@H]2CC[C@H](CC2=O)N1[C@@H](C)c1ccccc1. The fourth-order valence-corrected chi connectivity index (χ4v) is 4.02. The third kappa shape index (κ3) is 2.56. The van der Waals surface area contributed by atoms with Gasteiger partial charge in [0.15, 0.2) is 0 Å². The minimum Gasteiger partial charge on any atom is -0.465 e. The maximum absolute atomic E-state index is 12.5. The summed E-state index contributed by atoms with van der Waals surface area (Å²) in [6, 6.07) is 10.0. The van der Waals surface area contributed by atoms with Crippen LogP contribution >= 0.6 is 0 Å². The zero-order valence-corrected chi connectivity index (χ0v) is 13.2. The Morgan fingerprint density at radius 2 is 2.05 bits per heavy atom. The summed E-state index contributed by atoms with van der Waals surface area (Å²) in [5.41, 5.74) is 1.18. The van der Waals surface area contributed by atoms with Crippen LogP contribution in [0.3, 0.4) is 0 Å². The van der Waals surface area contributed by atoms with Crippen LogP contribution in [0.15, 0.2) is 30.3 Å². The van der Waals surface area contributed by atoms with Gasteiger partial charge in [-0.15, -0.1) is 0 Å². The van der Waals surface area contributed by atoms with Crippen LogP contribution in [-0.2, 0) is 14.3 Å². The molecule has 0 amide bonds. The van der Waals surface area contributed by atoms with E-state index in [0.717, 1.165) is 12.8 Å². The summed E-state index contributed by atoms with van der Waals surface area (Å²) in [5, 5.41) is 0. The number of piperidine rings is 2. The van der Waals surface area contributed by atoms with E-state index in [4.69, 9.17) is 4.74 Å². The van der Waals surface area contributed by atoms with E-state index in [9.17, 15) is 9.59 Å². The van der Waals surface area contributed by atoms with Crippen LogP contribution in [0.4, 0.5) is 0 Å². The molecular weight excluding hydrogens is 278 g/mol. The molecule has 4 atom stereocenters. The van der Waals surface area contributed by atoms with Gasteiger partial charge < -0.3 is 4.74 Å². The third-order valence-corrected chi connectivity index (χ3v) is 5.04. The second kappa shape index (κ2) is 6.21. The first kappa shape index (κ1) is 15.2. The Morgan fingerprint density at radius 3 is 2.68 bits per heavy atom. The fourth-order valence-electron chi connectivity index (χ4n) is 4.02. The molecule has 1 aromatic rings. The molecule has 2 heterocycles. The minimum absolute atomic E-state index is 0.108. The summed E-state index contributed by atoms with van der Waals surface area (Å²) in [6.07, 6.45) is 2.37. The molecule has 0 aromatic heterocycles. The average Bonchev–Trinajstić information content (AvgIpc) is 2.55. The Morgan fingerprint density at radius 1 is 1.32 bits per heavy atom. The van der Waals surface area contributed by atoms with Gasteiger partial charge >= 0.3 is 5.97 Å². The van der Waals surface area contributed by atoms with Crippen LogP contribution in [0.25, 0.3) is 0 Å². The maximum Gasteiger partial charge on any atom is 0.324 e.